The Hall–Kier alpha value is 0.401. The second-order valence-corrected chi connectivity index (χ2v) is 1.56. The molecule has 0 N–H and O–H groups in total. The van der Waals surface area contributed by atoms with Gasteiger partial charge in [-0.25, -0.2) is 23.7 Å². The van der Waals surface area contributed by atoms with Gasteiger partial charge in [0.05, 0.1) is 0 Å². The normalized spacial score (nSPS) is 10.7. The molecule has 0 aliphatic heterocycles. The molecule has 0 radical (unpaired) electrons. The van der Waals surface area contributed by atoms with Crippen molar-refractivity contribution in [2.24, 2.45) is 0 Å². The largest absolute Gasteiger partial charge is 1.00 e. The first-order valence-electron chi connectivity index (χ1n) is 2.10. The molecular formula is C3BF4KN2. The quantitative estimate of drug-likeness (QED) is 0.332. The summed E-state index contributed by atoms with van der Waals surface area (Å²) in [5.41, 5.74) is 0. The van der Waals surface area contributed by atoms with Crippen molar-refractivity contribution in [1.29, 1.82) is 10.5 Å². The van der Waals surface area contributed by atoms with Gasteiger partial charge in [0.2, 0.25) is 0 Å². The van der Waals surface area contributed by atoms with E-state index in [1.165, 1.54) is 0 Å². The summed E-state index contributed by atoms with van der Waals surface area (Å²) in [7, 11) is 0. The number of nitriles is 2. The number of rotatable bonds is 0. The SMILES string of the molecule is N#C[B-](F)(C#N)C(F)(F)F.[K+]. The van der Waals surface area contributed by atoms with Gasteiger partial charge in [0.1, 0.15) is 0 Å². The van der Waals surface area contributed by atoms with Crippen LogP contribution in [0, 0.1) is 22.5 Å². The van der Waals surface area contributed by atoms with Gasteiger partial charge >= 0.3 is 63.9 Å². The zero-order valence-electron chi connectivity index (χ0n) is 5.48. The van der Waals surface area contributed by atoms with E-state index in [1.54, 1.807) is 0 Å². The van der Waals surface area contributed by atoms with E-state index in [0.29, 0.717) is 0 Å². The van der Waals surface area contributed by atoms with E-state index in [-0.39, 0.29) is 63.3 Å². The minimum absolute atomic E-state index is 0. The summed E-state index contributed by atoms with van der Waals surface area (Å²) in [6.45, 7) is 0. The molecule has 0 aromatic rings. The molecule has 0 saturated heterocycles. The topological polar surface area (TPSA) is 47.6 Å². The predicted molar refractivity (Wildman–Crippen MR) is 24.1 cm³/mol. The summed E-state index contributed by atoms with van der Waals surface area (Å²) in [4.78, 5) is 0. The average Bonchev–Trinajstić information content (AvgIpc) is 1.84. The van der Waals surface area contributed by atoms with Crippen molar-refractivity contribution < 1.29 is 68.9 Å². The van der Waals surface area contributed by atoms with Gasteiger partial charge in [0, 0.05) is 0 Å². The number of hydrogen-bond donors (Lipinski definition) is 0. The minimum atomic E-state index is -5.37. The molecule has 0 fully saturated rings. The third-order valence-corrected chi connectivity index (χ3v) is 0.807. The molecule has 0 aromatic carbocycles. The van der Waals surface area contributed by atoms with Crippen LogP contribution in [0.3, 0.4) is 0 Å². The molecule has 0 aromatic heterocycles. The Balaban J connectivity index is 0. The van der Waals surface area contributed by atoms with Gasteiger partial charge in [0.15, 0.2) is 0 Å². The molecular weight excluding hydrogens is 190 g/mol. The van der Waals surface area contributed by atoms with Crippen molar-refractivity contribution in [3.05, 3.63) is 0 Å². The molecule has 0 saturated carbocycles. The summed E-state index contributed by atoms with van der Waals surface area (Å²) in [5, 5.41) is 15.2. The Kier molecular flexibility index (Phi) is 5.62. The Morgan fingerprint density at radius 1 is 1.09 bits per heavy atom. The van der Waals surface area contributed by atoms with Crippen LogP contribution < -0.4 is 51.4 Å². The third-order valence-electron chi connectivity index (χ3n) is 0.807. The fourth-order valence-corrected chi connectivity index (χ4v) is 0.175. The maximum absolute atomic E-state index is 12.0. The van der Waals surface area contributed by atoms with E-state index in [9.17, 15) is 17.5 Å². The van der Waals surface area contributed by atoms with Crippen LogP contribution in [-0.2, 0) is 0 Å². The Labute approximate surface area is 103 Å². The zero-order valence-corrected chi connectivity index (χ0v) is 8.61. The minimum Gasteiger partial charge on any atom is -0.474 e. The third kappa shape index (κ3) is 3.10. The standard InChI is InChI=1S/C3BF4N2.K/c5-3(6,7)4(8,1-9)2-10;/q-1;+1. The van der Waals surface area contributed by atoms with E-state index in [2.05, 4.69) is 0 Å². The van der Waals surface area contributed by atoms with E-state index in [1.807, 2.05) is 0 Å². The van der Waals surface area contributed by atoms with Gasteiger partial charge in [-0.05, 0) is 0 Å². The van der Waals surface area contributed by atoms with Gasteiger partial charge in [-0.1, -0.05) is 11.9 Å². The second kappa shape index (κ2) is 4.43. The number of hydrogen-bond acceptors (Lipinski definition) is 2. The first-order valence-corrected chi connectivity index (χ1v) is 2.10. The van der Waals surface area contributed by atoms with Gasteiger partial charge in [-0.2, -0.15) is 0 Å². The first kappa shape index (κ1) is 14.0. The van der Waals surface area contributed by atoms with E-state index < -0.39 is 12.5 Å². The van der Waals surface area contributed by atoms with Crippen molar-refractivity contribution >= 4 is 6.42 Å². The summed E-state index contributed by atoms with van der Waals surface area (Å²) >= 11 is 0. The summed E-state index contributed by atoms with van der Waals surface area (Å²) < 4.78 is 45.9. The second-order valence-electron chi connectivity index (χ2n) is 1.56. The molecule has 0 heterocycles. The summed E-state index contributed by atoms with van der Waals surface area (Å²) in [6, 6.07) is 0. The van der Waals surface area contributed by atoms with Crippen molar-refractivity contribution in [3.8, 4) is 11.9 Å². The predicted octanol–water partition coefficient (Wildman–Crippen LogP) is -1.87. The van der Waals surface area contributed by atoms with Crippen molar-refractivity contribution in [2.45, 2.75) is 6.08 Å². The molecule has 0 unspecified atom stereocenters. The van der Waals surface area contributed by atoms with Crippen LogP contribution in [0.25, 0.3) is 0 Å². The van der Waals surface area contributed by atoms with Gasteiger partial charge < -0.3 is 4.32 Å². The van der Waals surface area contributed by atoms with Crippen molar-refractivity contribution in [3.63, 3.8) is 0 Å². The maximum Gasteiger partial charge on any atom is 1.00 e. The average molecular weight is 190 g/mol. The molecule has 11 heavy (non-hydrogen) atoms. The van der Waals surface area contributed by atoms with Crippen LogP contribution in [0.2, 0.25) is 0 Å². The van der Waals surface area contributed by atoms with Crippen LogP contribution in [0.1, 0.15) is 0 Å². The van der Waals surface area contributed by atoms with E-state index in [4.69, 9.17) is 10.5 Å². The number of nitrogens with zero attached hydrogens (tertiary/aromatic N) is 2. The smallest absolute Gasteiger partial charge is 0.474 e. The molecule has 0 spiro atoms. The molecule has 0 rings (SSSR count). The van der Waals surface area contributed by atoms with Gasteiger partial charge in [-0.15, -0.1) is 0 Å². The van der Waals surface area contributed by atoms with E-state index in [0.717, 1.165) is 0 Å². The first-order chi connectivity index (χ1) is 4.37. The van der Waals surface area contributed by atoms with E-state index >= 15 is 0 Å². The monoisotopic (exact) mass is 190 g/mol. The van der Waals surface area contributed by atoms with Crippen LogP contribution in [-0.4, -0.2) is 12.5 Å². The molecule has 0 amide bonds. The van der Waals surface area contributed by atoms with Crippen molar-refractivity contribution in [2.75, 3.05) is 0 Å². The number of halogens is 4. The Morgan fingerprint density at radius 2 is 1.36 bits per heavy atom. The Bertz CT molecular complexity index is 199. The van der Waals surface area contributed by atoms with Gasteiger partial charge in [0.25, 0.3) is 0 Å². The fraction of sp³-hybridized carbons (Fsp3) is 0.333. The molecule has 0 aliphatic rings. The fourth-order valence-electron chi connectivity index (χ4n) is 0.175. The van der Waals surface area contributed by atoms with Gasteiger partial charge in [-0.3, -0.25) is 0 Å². The van der Waals surface area contributed by atoms with Crippen LogP contribution in [0.5, 0.6) is 0 Å². The van der Waals surface area contributed by atoms with Crippen LogP contribution in [0.15, 0.2) is 0 Å². The molecule has 2 nitrogen and oxygen atoms in total. The van der Waals surface area contributed by atoms with Crippen LogP contribution >= 0.6 is 0 Å². The molecule has 0 bridgehead atoms. The molecule has 0 atom stereocenters. The van der Waals surface area contributed by atoms with Crippen molar-refractivity contribution in [1.82, 2.24) is 0 Å². The summed E-state index contributed by atoms with van der Waals surface area (Å²) in [5.74, 6) is 0.556. The Morgan fingerprint density at radius 3 is 1.36 bits per heavy atom. The molecule has 54 valence electrons. The maximum atomic E-state index is 12.0. The summed E-state index contributed by atoms with van der Waals surface area (Å²) in [6.07, 6.45) is -10.4. The number of alkyl halides is 3. The van der Waals surface area contributed by atoms with Crippen LogP contribution in [0.4, 0.5) is 17.5 Å². The molecule has 0 aliphatic carbocycles. The zero-order chi connectivity index (χ0) is 8.41. The molecule has 8 heteroatoms.